The van der Waals surface area contributed by atoms with Gasteiger partial charge in [-0.05, 0) is 5.56 Å². The summed E-state index contributed by atoms with van der Waals surface area (Å²) in [6.07, 6.45) is 0. The summed E-state index contributed by atoms with van der Waals surface area (Å²) in [7, 11) is 0. The van der Waals surface area contributed by atoms with E-state index in [1.165, 1.54) is 35.2 Å². The van der Waals surface area contributed by atoms with Crippen LogP contribution in [0.25, 0.3) is 5.70 Å². The molecule has 162 valence electrons. The van der Waals surface area contributed by atoms with Gasteiger partial charge in [0.05, 0.1) is 9.85 Å². The van der Waals surface area contributed by atoms with E-state index in [1.54, 1.807) is 0 Å². The van der Waals surface area contributed by atoms with E-state index in [9.17, 15) is 38.7 Å². The second kappa shape index (κ2) is 8.61. The van der Waals surface area contributed by atoms with Crippen LogP contribution in [-0.2, 0) is 6.54 Å². The number of nitro groups is 2. The van der Waals surface area contributed by atoms with Gasteiger partial charge in [-0.1, -0.05) is 12.1 Å². The van der Waals surface area contributed by atoms with Gasteiger partial charge in [0, 0.05) is 31.8 Å². The lowest BCUT2D eigenvalue weighted by Crippen LogP contribution is -2.24. The van der Waals surface area contributed by atoms with E-state index < -0.39 is 49.7 Å². The zero-order valence-electron chi connectivity index (χ0n) is 15.9. The summed E-state index contributed by atoms with van der Waals surface area (Å²) in [5, 5.41) is 43.4. The fraction of sp³-hybridized carbons (Fsp3) is 0.158. The minimum atomic E-state index is -1.95. The van der Waals surface area contributed by atoms with Crippen LogP contribution < -0.4 is 5.32 Å². The fourth-order valence-corrected chi connectivity index (χ4v) is 3.25. The first-order valence-electron chi connectivity index (χ1n) is 8.83. The monoisotopic (exact) mass is 444 g/mol. The number of non-ortho nitro benzene ring substituents is 1. The number of nitrogens with one attached hydrogen (secondary N) is 1. The molecule has 0 amide bonds. The number of nitrogens with zero attached hydrogens (tertiary/aromatic N) is 5. The molecular formula is C19H11F3N6O4. The summed E-state index contributed by atoms with van der Waals surface area (Å²) in [5.41, 5.74) is -4.50. The molecule has 1 heterocycles. The van der Waals surface area contributed by atoms with Crippen molar-refractivity contribution in [2.24, 2.45) is 0 Å². The van der Waals surface area contributed by atoms with Gasteiger partial charge in [0.25, 0.3) is 5.69 Å². The number of nitro benzene ring substituents is 1. The van der Waals surface area contributed by atoms with Crippen LogP contribution in [-0.4, -0.2) is 27.8 Å². The maximum absolute atomic E-state index is 14.7. The fourth-order valence-electron chi connectivity index (χ4n) is 3.25. The first kappa shape index (κ1) is 22.0. The van der Waals surface area contributed by atoms with Crippen LogP contribution in [0.1, 0.15) is 22.3 Å². The predicted molar refractivity (Wildman–Crippen MR) is 101 cm³/mol. The van der Waals surface area contributed by atoms with Crippen LogP contribution in [0.15, 0.2) is 30.1 Å². The number of hydrogen-bond donors (Lipinski definition) is 1. The highest BCUT2D eigenvalue weighted by Gasteiger charge is 2.37. The highest BCUT2D eigenvalue weighted by atomic mass is 19.2. The lowest BCUT2D eigenvalue weighted by molar-refractivity contribution is -0.384. The third-order valence-corrected chi connectivity index (χ3v) is 4.70. The molecule has 1 aliphatic rings. The Labute approximate surface area is 177 Å². The van der Waals surface area contributed by atoms with Crippen molar-refractivity contribution in [2.75, 3.05) is 13.1 Å². The zero-order chi connectivity index (χ0) is 23.6. The average Bonchev–Trinajstić information content (AvgIpc) is 3.20. The van der Waals surface area contributed by atoms with Crippen molar-refractivity contribution in [3.05, 3.63) is 90.0 Å². The van der Waals surface area contributed by atoms with Crippen LogP contribution in [0.3, 0.4) is 0 Å². The van der Waals surface area contributed by atoms with Crippen molar-refractivity contribution in [2.45, 2.75) is 6.54 Å². The summed E-state index contributed by atoms with van der Waals surface area (Å²) in [6, 6.07) is 7.66. The molecule has 1 N–H and O–H groups in total. The molecule has 13 heteroatoms. The Bertz CT molecular complexity index is 1250. The SMILES string of the molecule is N#Cc1c(F)c(F)c(/C(=C2/NCCN2Cc2ccc([N+](=O)[O-])cc2)[N+](=O)[O-])c(C#N)c1F. The molecule has 1 aliphatic heterocycles. The molecule has 32 heavy (non-hydrogen) atoms. The molecule has 0 bridgehead atoms. The Balaban J connectivity index is 2.16. The molecule has 1 fully saturated rings. The van der Waals surface area contributed by atoms with Crippen molar-refractivity contribution in [1.82, 2.24) is 10.2 Å². The van der Waals surface area contributed by atoms with E-state index in [4.69, 9.17) is 5.26 Å². The average molecular weight is 444 g/mol. The van der Waals surface area contributed by atoms with Crippen LogP contribution >= 0.6 is 0 Å². The molecule has 10 nitrogen and oxygen atoms in total. The van der Waals surface area contributed by atoms with Crippen molar-refractivity contribution in [3.8, 4) is 12.1 Å². The molecule has 0 radical (unpaired) electrons. The van der Waals surface area contributed by atoms with Gasteiger partial charge in [-0.25, -0.2) is 13.2 Å². The lowest BCUT2D eigenvalue weighted by Gasteiger charge is -2.19. The highest BCUT2D eigenvalue weighted by Crippen LogP contribution is 2.33. The van der Waals surface area contributed by atoms with Gasteiger partial charge < -0.3 is 10.2 Å². The molecule has 0 aliphatic carbocycles. The molecule has 2 aromatic rings. The third kappa shape index (κ3) is 3.75. The van der Waals surface area contributed by atoms with E-state index in [0.29, 0.717) is 5.56 Å². The number of nitriles is 2. The maximum Gasteiger partial charge on any atom is 0.320 e. The smallest absolute Gasteiger partial charge is 0.320 e. The summed E-state index contributed by atoms with van der Waals surface area (Å²) >= 11 is 0. The first-order chi connectivity index (χ1) is 15.2. The summed E-state index contributed by atoms with van der Waals surface area (Å²) in [4.78, 5) is 22.3. The molecule has 1 saturated heterocycles. The molecule has 2 aromatic carbocycles. The summed E-state index contributed by atoms with van der Waals surface area (Å²) in [6.45, 7) is 0.321. The molecule has 0 spiro atoms. The van der Waals surface area contributed by atoms with E-state index in [2.05, 4.69) is 5.32 Å². The number of halogens is 3. The first-order valence-corrected chi connectivity index (χ1v) is 8.83. The number of hydrogen-bond acceptors (Lipinski definition) is 8. The van der Waals surface area contributed by atoms with Gasteiger partial charge in [-0.2, -0.15) is 10.5 Å². The molecule has 0 aromatic heterocycles. The van der Waals surface area contributed by atoms with Gasteiger partial charge in [0.1, 0.15) is 28.8 Å². The van der Waals surface area contributed by atoms with Gasteiger partial charge in [0.15, 0.2) is 23.3 Å². The van der Waals surface area contributed by atoms with Gasteiger partial charge in [0.2, 0.25) is 0 Å². The standard InChI is InChI=1S/C19H11F3N6O4/c20-15-12(7-23)14(17(22)16(21)13(15)8-24)18(28(31)32)19-25-5-6-26(19)9-10-1-3-11(4-2-10)27(29)30/h1-4,25H,5-6,9H2/b19-18+. The minimum Gasteiger partial charge on any atom is -0.364 e. The van der Waals surface area contributed by atoms with Crippen LogP contribution in [0.5, 0.6) is 0 Å². The Kier molecular flexibility index (Phi) is 5.93. The third-order valence-electron chi connectivity index (χ3n) is 4.70. The molecule has 0 saturated carbocycles. The predicted octanol–water partition coefficient (Wildman–Crippen LogP) is 2.76. The molecular weight excluding hydrogens is 433 g/mol. The van der Waals surface area contributed by atoms with E-state index >= 15 is 0 Å². The van der Waals surface area contributed by atoms with Gasteiger partial charge in [-0.15, -0.1) is 0 Å². The second-order valence-corrected chi connectivity index (χ2v) is 6.52. The Hall–Kier alpha value is -4.65. The largest absolute Gasteiger partial charge is 0.364 e. The highest BCUT2D eigenvalue weighted by molar-refractivity contribution is 5.69. The molecule has 0 unspecified atom stereocenters. The Morgan fingerprint density at radius 2 is 1.66 bits per heavy atom. The minimum absolute atomic E-state index is 0.0115. The molecule has 3 rings (SSSR count). The number of rotatable bonds is 5. The maximum atomic E-state index is 14.7. The number of benzene rings is 2. The van der Waals surface area contributed by atoms with Crippen LogP contribution in [0.2, 0.25) is 0 Å². The summed E-state index contributed by atoms with van der Waals surface area (Å²) < 4.78 is 43.4. The van der Waals surface area contributed by atoms with E-state index in [1.807, 2.05) is 0 Å². The van der Waals surface area contributed by atoms with E-state index in [-0.39, 0.29) is 31.1 Å². The second-order valence-electron chi connectivity index (χ2n) is 6.52. The quantitative estimate of drug-likeness (QED) is 0.420. The van der Waals surface area contributed by atoms with Crippen LogP contribution in [0.4, 0.5) is 18.9 Å². The lowest BCUT2D eigenvalue weighted by atomic mass is 9.99. The topological polar surface area (TPSA) is 149 Å². The van der Waals surface area contributed by atoms with Crippen molar-refractivity contribution < 1.29 is 23.0 Å². The summed E-state index contributed by atoms with van der Waals surface area (Å²) in [5.74, 6) is -5.85. The normalized spacial score (nSPS) is 14.3. The van der Waals surface area contributed by atoms with Crippen LogP contribution in [0, 0.1) is 60.3 Å². The van der Waals surface area contributed by atoms with Crippen molar-refractivity contribution in [3.63, 3.8) is 0 Å². The Morgan fingerprint density at radius 1 is 1.03 bits per heavy atom. The van der Waals surface area contributed by atoms with Crippen molar-refractivity contribution in [1.29, 1.82) is 10.5 Å². The van der Waals surface area contributed by atoms with Crippen molar-refractivity contribution >= 4 is 11.4 Å². The van der Waals surface area contributed by atoms with Gasteiger partial charge in [-0.3, -0.25) is 20.2 Å². The zero-order valence-corrected chi connectivity index (χ0v) is 15.9. The van der Waals surface area contributed by atoms with Gasteiger partial charge >= 0.3 is 5.70 Å². The van der Waals surface area contributed by atoms with E-state index in [0.717, 1.165) is 6.07 Å². The molecule has 0 atom stereocenters. The Morgan fingerprint density at radius 3 is 2.19 bits per heavy atom.